The van der Waals surface area contributed by atoms with E-state index in [-0.39, 0.29) is 11.8 Å². The van der Waals surface area contributed by atoms with Crippen LogP contribution in [0.25, 0.3) is 10.8 Å². The number of aromatic nitrogens is 1. The molecule has 3 aromatic carbocycles. The maximum absolute atomic E-state index is 12.9. The number of benzene rings is 3. The second-order valence-electron chi connectivity index (χ2n) is 9.62. The molecule has 0 unspecified atom stereocenters. The molecule has 0 saturated carbocycles. The summed E-state index contributed by atoms with van der Waals surface area (Å²) in [4.78, 5) is 31.6. The van der Waals surface area contributed by atoms with Gasteiger partial charge in [-0.1, -0.05) is 12.1 Å². The Labute approximate surface area is 222 Å². The van der Waals surface area contributed by atoms with Crippen molar-refractivity contribution in [3.05, 3.63) is 90.1 Å². The van der Waals surface area contributed by atoms with E-state index in [1.807, 2.05) is 54.6 Å². The molecular formula is C30H31N5O3. The number of ether oxygens (including phenoxy) is 1. The van der Waals surface area contributed by atoms with Crippen LogP contribution < -0.4 is 25.6 Å². The molecule has 0 spiro atoms. The number of amides is 2. The third-order valence-corrected chi connectivity index (χ3v) is 6.58. The lowest BCUT2D eigenvalue weighted by Crippen LogP contribution is -2.54. The van der Waals surface area contributed by atoms with Crippen LogP contribution in [0.2, 0.25) is 0 Å². The fourth-order valence-corrected chi connectivity index (χ4v) is 4.89. The summed E-state index contributed by atoms with van der Waals surface area (Å²) in [5.41, 5.74) is 2.27. The van der Waals surface area contributed by atoms with Crippen LogP contribution in [0, 0.1) is 0 Å². The molecule has 8 heteroatoms. The van der Waals surface area contributed by atoms with Gasteiger partial charge in [0.1, 0.15) is 17.3 Å². The second kappa shape index (κ2) is 10.9. The van der Waals surface area contributed by atoms with Gasteiger partial charge in [-0.3, -0.25) is 9.59 Å². The van der Waals surface area contributed by atoms with Crippen LogP contribution in [0.3, 0.4) is 0 Å². The predicted molar refractivity (Wildman–Crippen MR) is 150 cm³/mol. The number of piperazine rings is 1. The van der Waals surface area contributed by atoms with Gasteiger partial charge in [-0.25, -0.2) is 4.98 Å². The van der Waals surface area contributed by atoms with Crippen LogP contribution in [0.4, 0.5) is 11.5 Å². The van der Waals surface area contributed by atoms with Gasteiger partial charge >= 0.3 is 0 Å². The smallest absolute Gasteiger partial charge is 0.256 e. The molecule has 38 heavy (non-hydrogen) atoms. The molecule has 8 nitrogen and oxygen atoms in total. The first-order valence-electron chi connectivity index (χ1n) is 12.7. The maximum atomic E-state index is 12.9. The van der Waals surface area contributed by atoms with Crippen molar-refractivity contribution in [1.82, 2.24) is 15.6 Å². The van der Waals surface area contributed by atoms with E-state index in [0.717, 1.165) is 29.5 Å². The maximum Gasteiger partial charge on any atom is 0.256 e. The SMILES string of the molecule is CNC(=O)c1cccc2cc(Oc3ccnc(NC(=O)c4ccc(N5C[C@@H](C)N[C@@H](C)C5)cc4)c3)ccc12. The molecule has 2 atom stereocenters. The summed E-state index contributed by atoms with van der Waals surface area (Å²) in [7, 11) is 1.61. The van der Waals surface area contributed by atoms with Gasteiger partial charge in [0.2, 0.25) is 0 Å². The molecule has 5 rings (SSSR count). The Bertz CT molecular complexity index is 1460. The first-order chi connectivity index (χ1) is 18.4. The quantitative estimate of drug-likeness (QED) is 0.345. The van der Waals surface area contributed by atoms with E-state index in [2.05, 4.69) is 39.7 Å². The monoisotopic (exact) mass is 509 g/mol. The number of hydrogen-bond donors (Lipinski definition) is 3. The summed E-state index contributed by atoms with van der Waals surface area (Å²) >= 11 is 0. The fraction of sp³-hybridized carbons (Fsp3) is 0.233. The molecule has 0 aliphatic carbocycles. The molecule has 194 valence electrons. The molecule has 2 amide bonds. The van der Waals surface area contributed by atoms with E-state index in [9.17, 15) is 9.59 Å². The van der Waals surface area contributed by atoms with Crippen molar-refractivity contribution >= 4 is 34.1 Å². The first-order valence-corrected chi connectivity index (χ1v) is 12.7. The van der Waals surface area contributed by atoms with Crippen LogP contribution in [-0.4, -0.2) is 49.0 Å². The average molecular weight is 510 g/mol. The third kappa shape index (κ3) is 5.60. The van der Waals surface area contributed by atoms with Crippen molar-refractivity contribution in [3.63, 3.8) is 0 Å². The summed E-state index contributed by atoms with van der Waals surface area (Å²) in [6.07, 6.45) is 1.59. The van der Waals surface area contributed by atoms with Gasteiger partial charge in [0, 0.05) is 61.3 Å². The lowest BCUT2D eigenvalue weighted by atomic mass is 10.0. The molecule has 2 heterocycles. The summed E-state index contributed by atoms with van der Waals surface area (Å²) in [6.45, 7) is 6.22. The number of nitrogens with one attached hydrogen (secondary N) is 3. The second-order valence-corrected chi connectivity index (χ2v) is 9.62. The standard InChI is InChI=1S/C30H31N5O3/c1-19-17-35(18-20(2)33-19)23-9-7-21(8-10-23)29(36)34-28-16-25(13-14-32-28)38-24-11-12-26-22(15-24)5-4-6-27(26)30(37)31-3/h4-16,19-20,33H,17-18H2,1-3H3,(H,31,37)(H,32,34,36)/t19-,20+. The van der Waals surface area contributed by atoms with E-state index >= 15 is 0 Å². The number of anilines is 2. The zero-order chi connectivity index (χ0) is 26.6. The lowest BCUT2D eigenvalue weighted by Gasteiger charge is -2.37. The largest absolute Gasteiger partial charge is 0.457 e. The van der Waals surface area contributed by atoms with Crippen molar-refractivity contribution in [2.45, 2.75) is 25.9 Å². The average Bonchev–Trinajstić information content (AvgIpc) is 2.92. The minimum Gasteiger partial charge on any atom is -0.457 e. The molecular weight excluding hydrogens is 478 g/mol. The molecule has 1 fully saturated rings. The molecule has 1 aliphatic heterocycles. The zero-order valence-corrected chi connectivity index (χ0v) is 21.7. The molecule has 3 N–H and O–H groups in total. The Morgan fingerprint density at radius 1 is 0.921 bits per heavy atom. The van der Waals surface area contributed by atoms with Gasteiger partial charge in [0.25, 0.3) is 11.8 Å². The molecule has 1 aromatic heterocycles. The van der Waals surface area contributed by atoms with Crippen LogP contribution in [0.1, 0.15) is 34.6 Å². The van der Waals surface area contributed by atoms with Crippen molar-refractivity contribution in [2.75, 3.05) is 30.4 Å². The number of nitrogens with zero attached hydrogens (tertiary/aromatic N) is 2. The summed E-state index contributed by atoms with van der Waals surface area (Å²) in [5, 5.41) is 10.8. The molecule has 1 aliphatic rings. The van der Waals surface area contributed by atoms with Crippen LogP contribution in [0.15, 0.2) is 79.0 Å². The number of carbonyl (C=O) groups excluding carboxylic acids is 2. The molecule has 4 aromatic rings. The number of rotatable bonds is 6. The molecule has 0 bridgehead atoms. The molecule has 1 saturated heterocycles. The van der Waals surface area contributed by atoms with E-state index in [1.54, 1.807) is 31.4 Å². The van der Waals surface area contributed by atoms with Crippen molar-refractivity contribution in [3.8, 4) is 11.5 Å². The highest BCUT2D eigenvalue weighted by Crippen LogP contribution is 2.28. The molecule has 0 radical (unpaired) electrons. The van der Waals surface area contributed by atoms with Gasteiger partial charge in [0.05, 0.1) is 0 Å². The first kappa shape index (κ1) is 25.2. The van der Waals surface area contributed by atoms with Crippen LogP contribution in [-0.2, 0) is 0 Å². The van der Waals surface area contributed by atoms with E-state index in [0.29, 0.717) is 40.5 Å². The fourth-order valence-electron chi connectivity index (χ4n) is 4.89. The highest BCUT2D eigenvalue weighted by molar-refractivity contribution is 6.07. The Morgan fingerprint density at radius 3 is 2.39 bits per heavy atom. The minimum absolute atomic E-state index is 0.138. The number of pyridine rings is 1. The number of hydrogen-bond acceptors (Lipinski definition) is 6. The third-order valence-electron chi connectivity index (χ3n) is 6.58. The number of carbonyl (C=O) groups is 2. The Balaban J connectivity index is 1.26. The van der Waals surface area contributed by atoms with Gasteiger partial charge in [-0.05, 0) is 79.2 Å². The predicted octanol–water partition coefficient (Wildman–Crippen LogP) is 4.83. The van der Waals surface area contributed by atoms with E-state index < -0.39 is 0 Å². The zero-order valence-electron chi connectivity index (χ0n) is 21.7. The van der Waals surface area contributed by atoms with Gasteiger partial charge in [0.15, 0.2) is 0 Å². The Morgan fingerprint density at radius 2 is 1.66 bits per heavy atom. The van der Waals surface area contributed by atoms with Gasteiger partial charge < -0.3 is 25.6 Å². The van der Waals surface area contributed by atoms with Gasteiger partial charge in [-0.2, -0.15) is 0 Å². The van der Waals surface area contributed by atoms with E-state index in [4.69, 9.17) is 4.74 Å². The topological polar surface area (TPSA) is 95.6 Å². The highest BCUT2D eigenvalue weighted by atomic mass is 16.5. The lowest BCUT2D eigenvalue weighted by molar-refractivity contribution is 0.0963. The van der Waals surface area contributed by atoms with Crippen LogP contribution in [0.5, 0.6) is 11.5 Å². The minimum atomic E-state index is -0.240. The normalized spacial score (nSPS) is 17.2. The summed E-state index contributed by atoms with van der Waals surface area (Å²) < 4.78 is 6.04. The van der Waals surface area contributed by atoms with Gasteiger partial charge in [-0.15, -0.1) is 0 Å². The highest BCUT2D eigenvalue weighted by Gasteiger charge is 2.21. The van der Waals surface area contributed by atoms with E-state index in [1.165, 1.54) is 0 Å². The number of fused-ring (bicyclic) bond motifs is 1. The van der Waals surface area contributed by atoms with Crippen molar-refractivity contribution < 1.29 is 14.3 Å². The summed E-state index contributed by atoms with van der Waals surface area (Å²) in [5.74, 6) is 1.16. The Hall–Kier alpha value is -4.43. The van der Waals surface area contributed by atoms with Crippen LogP contribution >= 0.6 is 0 Å². The Kier molecular flexibility index (Phi) is 7.24. The van der Waals surface area contributed by atoms with Crippen molar-refractivity contribution in [1.29, 1.82) is 0 Å². The summed E-state index contributed by atoms with van der Waals surface area (Å²) in [6, 6.07) is 23.0. The van der Waals surface area contributed by atoms with Crippen molar-refractivity contribution in [2.24, 2.45) is 0 Å².